The standard InChI is InChI=1S/C16H23N5O/c1-20-7-2-4-16(10-22)5-8-21(9-13(16)20)15-12-3-6-17-14(12)18-11-19-15/h3,6,11,13,22H,2,4-5,7-10H2,1H3,(H,17,18,19)/t13-,16-/m1/s1. The molecular weight excluding hydrogens is 278 g/mol. The van der Waals surface area contributed by atoms with Crippen LogP contribution in [0.25, 0.3) is 11.0 Å². The van der Waals surface area contributed by atoms with E-state index in [1.54, 1.807) is 6.33 Å². The number of likely N-dealkylation sites (tertiary alicyclic amines) is 1. The summed E-state index contributed by atoms with van der Waals surface area (Å²) in [5, 5.41) is 11.1. The number of likely N-dealkylation sites (N-methyl/N-ethyl adjacent to an activating group) is 1. The second kappa shape index (κ2) is 5.21. The number of anilines is 1. The number of aromatic nitrogens is 3. The third kappa shape index (κ3) is 2.01. The van der Waals surface area contributed by atoms with Gasteiger partial charge in [-0.25, -0.2) is 9.97 Å². The maximum Gasteiger partial charge on any atom is 0.142 e. The molecule has 0 saturated carbocycles. The Labute approximate surface area is 130 Å². The van der Waals surface area contributed by atoms with Crippen LogP contribution in [0, 0.1) is 5.41 Å². The average Bonchev–Trinajstić information content (AvgIpc) is 3.03. The van der Waals surface area contributed by atoms with Gasteiger partial charge in [-0.1, -0.05) is 0 Å². The monoisotopic (exact) mass is 301 g/mol. The molecule has 2 aliphatic heterocycles. The summed E-state index contributed by atoms with van der Waals surface area (Å²) in [5.74, 6) is 1.01. The molecule has 0 aromatic carbocycles. The maximum atomic E-state index is 10.0. The minimum atomic E-state index is 0.0633. The van der Waals surface area contributed by atoms with E-state index in [0.29, 0.717) is 12.6 Å². The molecule has 0 spiro atoms. The minimum absolute atomic E-state index is 0.0633. The van der Waals surface area contributed by atoms with Gasteiger partial charge in [0.2, 0.25) is 0 Å². The van der Waals surface area contributed by atoms with Gasteiger partial charge in [-0.05, 0) is 38.9 Å². The summed E-state index contributed by atoms with van der Waals surface area (Å²) in [6, 6.07) is 2.44. The van der Waals surface area contributed by atoms with Gasteiger partial charge in [0.25, 0.3) is 0 Å². The van der Waals surface area contributed by atoms with Gasteiger partial charge in [0.05, 0.1) is 12.0 Å². The highest BCUT2D eigenvalue weighted by atomic mass is 16.3. The number of hydrogen-bond acceptors (Lipinski definition) is 5. The lowest BCUT2D eigenvalue weighted by atomic mass is 9.69. The largest absolute Gasteiger partial charge is 0.396 e. The van der Waals surface area contributed by atoms with Gasteiger partial charge < -0.3 is 19.9 Å². The van der Waals surface area contributed by atoms with Crippen LogP contribution in [0.5, 0.6) is 0 Å². The normalized spacial score (nSPS) is 29.7. The van der Waals surface area contributed by atoms with Crippen molar-refractivity contribution in [2.45, 2.75) is 25.3 Å². The van der Waals surface area contributed by atoms with Gasteiger partial charge in [0, 0.05) is 30.7 Å². The molecule has 22 heavy (non-hydrogen) atoms. The molecule has 2 saturated heterocycles. The fourth-order valence-corrected chi connectivity index (χ4v) is 4.32. The lowest BCUT2D eigenvalue weighted by Crippen LogP contribution is -2.61. The van der Waals surface area contributed by atoms with E-state index in [4.69, 9.17) is 0 Å². The van der Waals surface area contributed by atoms with Crippen LogP contribution >= 0.6 is 0 Å². The Morgan fingerprint density at radius 1 is 1.36 bits per heavy atom. The van der Waals surface area contributed by atoms with E-state index in [2.05, 4.69) is 31.8 Å². The van der Waals surface area contributed by atoms with E-state index in [1.165, 1.54) is 6.42 Å². The fourth-order valence-electron chi connectivity index (χ4n) is 4.32. The number of hydrogen-bond donors (Lipinski definition) is 2. The molecule has 0 unspecified atom stereocenters. The van der Waals surface area contributed by atoms with Crippen molar-refractivity contribution in [2.75, 3.05) is 38.2 Å². The predicted molar refractivity (Wildman–Crippen MR) is 85.9 cm³/mol. The quantitative estimate of drug-likeness (QED) is 0.873. The number of aliphatic hydroxyl groups excluding tert-OH is 1. The highest BCUT2D eigenvalue weighted by molar-refractivity contribution is 5.87. The molecule has 2 atom stereocenters. The third-order valence-electron chi connectivity index (χ3n) is 5.64. The van der Waals surface area contributed by atoms with E-state index >= 15 is 0 Å². The molecule has 2 aromatic heterocycles. The van der Waals surface area contributed by atoms with Crippen LogP contribution in [0.15, 0.2) is 18.6 Å². The minimum Gasteiger partial charge on any atom is -0.396 e. The van der Waals surface area contributed by atoms with Gasteiger partial charge in [-0.3, -0.25) is 0 Å². The smallest absolute Gasteiger partial charge is 0.142 e. The van der Waals surface area contributed by atoms with E-state index in [-0.39, 0.29) is 5.41 Å². The number of aliphatic hydroxyl groups is 1. The highest BCUT2D eigenvalue weighted by Crippen LogP contribution is 2.42. The Bertz CT molecular complexity index is 671. The maximum absolute atomic E-state index is 10.0. The van der Waals surface area contributed by atoms with Crippen molar-refractivity contribution in [3.05, 3.63) is 18.6 Å². The van der Waals surface area contributed by atoms with Gasteiger partial charge in [0.15, 0.2) is 0 Å². The number of nitrogens with one attached hydrogen (secondary N) is 1. The molecule has 2 aliphatic rings. The number of piperidine rings is 2. The van der Waals surface area contributed by atoms with Gasteiger partial charge in [-0.2, -0.15) is 0 Å². The van der Waals surface area contributed by atoms with E-state index in [9.17, 15) is 5.11 Å². The topological polar surface area (TPSA) is 68.3 Å². The summed E-state index contributed by atoms with van der Waals surface area (Å²) >= 11 is 0. The molecule has 2 fully saturated rings. The summed E-state index contributed by atoms with van der Waals surface area (Å²) in [4.78, 5) is 16.7. The van der Waals surface area contributed by atoms with Crippen LogP contribution in [0.4, 0.5) is 5.82 Å². The van der Waals surface area contributed by atoms with E-state index < -0.39 is 0 Å². The molecule has 6 nitrogen and oxygen atoms in total. The number of H-pyrrole nitrogens is 1. The highest BCUT2D eigenvalue weighted by Gasteiger charge is 2.46. The Balaban J connectivity index is 1.67. The van der Waals surface area contributed by atoms with Gasteiger partial charge >= 0.3 is 0 Å². The number of rotatable bonds is 2. The van der Waals surface area contributed by atoms with Crippen molar-refractivity contribution in [1.29, 1.82) is 0 Å². The van der Waals surface area contributed by atoms with Crippen molar-refractivity contribution in [3.63, 3.8) is 0 Å². The molecule has 0 aliphatic carbocycles. The SMILES string of the molecule is CN1CCC[C@]2(CO)CCN(c3ncnc4[nH]ccc34)C[C@@H]12. The van der Waals surface area contributed by atoms with Crippen LogP contribution in [0.2, 0.25) is 0 Å². The molecular formula is C16H23N5O. The Morgan fingerprint density at radius 2 is 2.27 bits per heavy atom. The summed E-state index contributed by atoms with van der Waals surface area (Å²) < 4.78 is 0. The summed E-state index contributed by atoms with van der Waals surface area (Å²) in [7, 11) is 2.18. The molecule has 0 amide bonds. The Hall–Kier alpha value is -1.66. The lowest BCUT2D eigenvalue weighted by Gasteiger charge is -2.53. The molecule has 6 heteroatoms. The van der Waals surface area contributed by atoms with E-state index in [0.717, 1.165) is 49.3 Å². The molecule has 2 N–H and O–H groups in total. The second-order valence-electron chi connectivity index (χ2n) is 6.75. The van der Waals surface area contributed by atoms with Crippen LogP contribution in [0.3, 0.4) is 0 Å². The van der Waals surface area contributed by atoms with Crippen LogP contribution in [-0.4, -0.2) is 64.3 Å². The number of nitrogens with zero attached hydrogens (tertiary/aromatic N) is 4. The first-order chi connectivity index (χ1) is 10.7. The molecule has 4 heterocycles. The van der Waals surface area contributed by atoms with E-state index in [1.807, 2.05) is 12.3 Å². The van der Waals surface area contributed by atoms with Crippen molar-refractivity contribution < 1.29 is 5.11 Å². The third-order valence-corrected chi connectivity index (χ3v) is 5.64. The number of aromatic amines is 1. The van der Waals surface area contributed by atoms with Crippen molar-refractivity contribution >= 4 is 16.9 Å². The zero-order valence-electron chi connectivity index (χ0n) is 13.0. The summed E-state index contributed by atoms with van der Waals surface area (Å²) in [6.45, 7) is 3.28. The zero-order valence-corrected chi connectivity index (χ0v) is 13.0. The van der Waals surface area contributed by atoms with Gasteiger partial charge in [0.1, 0.15) is 17.8 Å². The molecule has 2 aromatic rings. The first-order valence-electron chi connectivity index (χ1n) is 8.08. The Kier molecular flexibility index (Phi) is 3.31. The first-order valence-corrected chi connectivity index (χ1v) is 8.08. The van der Waals surface area contributed by atoms with Crippen molar-refractivity contribution in [1.82, 2.24) is 19.9 Å². The predicted octanol–water partition coefficient (Wildman–Crippen LogP) is 1.24. The summed E-state index contributed by atoms with van der Waals surface area (Å²) in [6.07, 6.45) is 6.89. The second-order valence-corrected chi connectivity index (χ2v) is 6.75. The Morgan fingerprint density at radius 3 is 3.14 bits per heavy atom. The molecule has 4 rings (SSSR count). The van der Waals surface area contributed by atoms with Crippen molar-refractivity contribution in [3.8, 4) is 0 Å². The van der Waals surface area contributed by atoms with Crippen LogP contribution < -0.4 is 4.90 Å². The lowest BCUT2D eigenvalue weighted by molar-refractivity contribution is -0.0277. The first kappa shape index (κ1) is 14.0. The fraction of sp³-hybridized carbons (Fsp3) is 0.625. The molecule has 0 bridgehead atoms. The number of fused-ring (bicyclic) bond motifs is 2. The van der Waals surface area contributed by atoms with Crippen molar-refractivity contribution in [2.24, 2.45) is 5.41 Å². The zero-order chi connectivity index (χ0) is 15.2. The van der Waals surface area contributed by atoms with Gasteiger partial charge in [-0.15, -0.1) is 0 Å². The summed E-state index contributed by atoms with van der Waals surface area (Å²) in [5.41, 5.74) is 0.953. The molecule has 118 valence electrons. The molecule has 0 radical (unpaired) electrons. The van der Waals surface area contributed by atoms with Crippen LogP contribution in [0.1, 0.15) is 19.3 Å². The van der Waals surface area contributed by atoms with Crippen LogP contribution in [-0.2, 0) is 0 Å². The average molecular weight is 301 g/mol.